The summed E-state index contributed by atoms with van der Waals surface area (Å²) >= 11 is 7.61. The Balaban J connectivity index is 1.45. The van der Waals surface area contributed by atoms with Crippen LogP contribution < -0.4 is 15.2 Å². The number of pyridine rings is 1. The molecule has 0 fully saturated rings. The van der Waals surface area contributed by atoms with Crippen LogP contribution in [0.3, 0.4) is 0 Å². The Morgan fingerprint density at radius 2 is 1.77 bits per heavy atom. The van der Waals surface area contributed by atoms with Crippen LogP contribution in [-0.2, 0) is 19.6 Å². The van der Waals surface area contributed by atoms with E-state index in [0.29, 0.717) is 42.0 Å². The van der Waals surface area contributed by atoms with Gasteiger partial charge in [-0.3, -0.25) is 0 Å². The summed E-state index contributed by atoms with van der Waals surface area (Å²) in [6.45, 7) is 0.869. The summed E-state index contributed by atoms with van der Waals surface area (Å²) < 4.78 is 12.9. The van der Waals surface area contributed by atoms with Crippen molar-refractivity contribution in [2.24, 2.45) is 0 Å². The van der Waals surface area contributed by atoms with Crippen LogP contribution in [0.2, 0.25) is 5.02 Å². The molecule has 0 radical (unpaired) electrons. The Labute approximate surface area is 183 Å². The number of hydrogen-bond donors (Lipinski definition) is 2. The van der Waals surface area contributed by atoms with Crippen molar-refractivity contribution in [3.8, 4) is 11.5 Å². The fourth-order valence-electron chi connectivity index (χ4n) is 3.19. The number of aliphatic hydroxyl groups excluding tert-OH is 1. The molecule has 0 atom stereocenters. The van der Waals surface area contributed by atoms with Crippen LogP contribution in [0.1, 0.15) is 16.7 Å². The van der Waals surface area contributed by atoms with Gasteiger partial charge in [0.2, 0.25) is 0 Å². The number of fused-ring (bicyclic) bond motifs is 1. The second-order valence-electron chi connectivity index (χ2n) is 6.79. The van der Waals surface area contributed by atoms with Gasteiger partial charge in [-0.2, -0.15) is 0 Å². The lowest BCUT2D eigenvalue weighted by atomic mass is 10.1. The smallest absolute Gasteiger partial charge is 0.132 e. The van der Waals surface area contributed by atoms with Crippen molar-refractivity contribution in [2.75, 3.05) is 12.3 Å². The zero-order valence-corrected chi connectivity index (χ0v) is 17.7. The number of ether oxygens (including phenoxy) is 2. The Kier molecular flexibility index (Phi) is 6.38. The van der Waals surface area contributed by atoms with Crippen molar-refractivity contribution in [1.82, 2.24) is 4.98 Å². The van der Waals surface area contributed by atoms with Crippen LogP contribution in [0.5, 0.6) is 11.5 Å². The number of anilines is 1. The van der Waals surface area contributed by atoms with E-state index < -0.39 is 0 Å². The maximum absolute atomic E-state index is 9.27. The van der Waals surface area contributed by atoms with Crippen molar-refractivity contribution in [3.05, 3.63) is 81.8 Å². The maximum atomic E-state index is 9.27. The van der Waals surface area contributed by atoms with E-state index in [4.69, 9.17) is 26.8 Å². The minimum atomic E-state index is 0.0758. The van der Waals surface area contributed by atoms with Gasteiger partial charge in [-0.25, -0.2) is 4.98 Å². The lowest BCUT2D eigenvalue weighted by Crippen LogP contribution is -2.00. The summed E-state index contributed by atoms with van der Waals surface area (Å²) in [6, 6.07) is 15.1. The van der Waals surface area contributed by atoms with Crippen molar-refractivity contribution in [3.63, 3.8) is 0 Å². The SMILES string of the molecule is Nc1ncc(CCO)c2scc(COc3cccc(OCc4cccc(Cl)c4)c3)c12. The summed E-state index contributed by atoms with van der Waals surface area (Å²) in [5, 5.41) is 12.9. The van der Waals surface area contributed by atoms with E-state index in [2.05, 4.69) is 4.98 Å². The topological polar surface area (TPSA) is 77.6 Å². The summed E-state index contributed by atoms with van der Waals surface area (Å²) in [7, 11) is 0. The number of aliphatic hydroxyl groups is 1. The highest BCUT2D eigenvalue weighted by molar-refractivity contribution is 7.17. The van der Waals surface area contributed by atoms with Crippen LogP contribution in [0.15, 0.2) is 60.1 Å². The Morgan fingerprint density at radius 1 is 1.00 bits per heavy atom. The molecule has 5 nitrogen and oxygen atoms in total. The predicted molar refractivity (Wildman–Crippen MR) is 121 cm³/mol. The monoisotopic (exact) mass is 440 g/mol. The van der Waals surface area contributed by atoms with Crippen LogP contribution in [0, 0.1) is 0 Å². The number of rotatable bonds is 8. The maximum Gasteiger partial charge on any atom is 0.132 e. The molecule has 0 aliphatic heterocycles. The summed E-state index contributed by atoms with van der Waals surface area (Å²) in [5.41, 5.74) is 9.09. The first-order valence-electron chi connectivity index (χ1n) is 9.48. The molecule has 0 spiro atoms. The van der Waals surface area contributed by atoms with Gasteiger partial charge in [0.05, 0.1) is 0 Å². The van der Waals surface area contributed by atoms with Gasteiger partial charge in [-0.15, -0.1) is 11.3 Å². The van der Waals surface area contributed by atoms with Gasteiger partial charge in [0.1, 0.15) is 30.5 Å². The fraction of sp³-hybridized carbons (Fsp3) is 0.174. The van der Waals surface area contributed by atoms with E-state index in [1.807, 2.05) is 53.9 Å². The Hall–Kier alpha value is -2.80. The second kappa shape index (κ2) is 9.34. The van der Waals surface area contributed by atoms with Crippen LogP contribution in [0.25, 0.3) is 10.1 Å². The molecule has 30 heavy (non-hydrogen) atoms. The zero-order chi connectivity index (χ0) is 20.9. The third kappa shape index (κ3) is 4.67. The van der Waals surface area contributed by atoms with Crippen LogP contribution in [-0.4, -0.2) is 16.7 Å². The molecule has 7 heteroatoms. The molecule has 0 saturated heterocycles. The van der Waals surface area contributed by atoms with E-state index in [9.17, 15) is 5.11 Å². The number of halogens is 1. The molecular formula is C23H21ClN2O3S. The largest absolute Gasteiger partial charge is 0.489 e. The molecule has 0 saturated carbocycles. The molecule has 2 heterocycles. The highest BCUT2D eigenvalue weighted by atomic mass is 35.5. The molecule has 0 aliphatic carbocycles. The third-order valence-corrected chi connectivity index (χ3v) is 5.99. The number of aromatic nitrogens is 1. The summed E-state index contributed by atoms with van der Waals surface area (Å²) in [6.07, 6.45) is 2.28. The van der Waals surface area contributed by atoms with E-state index in [-0.39, 0.29) is 6.61 Å². The van der Waals surface area contributed by atoms with Gasteiger partial charge in [-0.05, 0) is 47.2 Å². The first kappa shape index (κ1) is 20.5. The van der Waals surface area contributed by atoms with Crippen molar-refractivity contribution in [1.29, 1.82) is 0 Å². The zero-order valence-electron chi connectivity index (χ0n) is 16.2. The Bertz CT molecular complexity index is 1160. The van der Waals surface area contributed by atoms with Gasteiger partial charge in [0.15, 0.2) is 0 Å². The molecule has 0 aliphatic rings. The predicted octanol–water partition coefficient (Wildman–Crippen LogP) is 5.22. The van der Waals surface area contributed by atoms with Gasteiger partial charge < -0.3 is 20.3 Å². The van der Waals surface area contributed by atoms with E-state index >= 15 is 0 Å². The number of thiophene rings is 1. The third-order valence-electron chi connectivity index (χ3n) is 4.65. The molecule has 4 rings (SSSR count). The minimum absolute atomic E-state index is 0.0758. The fourth-order valence-corrected chi connectivity index (χ4v) is 4.51. The van der Waals surface area contributed by atoms with Gasteiger partial charge >= 0.3 is 0 Å². The quantitative estimate of drug-likeness (QED) is 0.392. The van der Waals surface area contributed by atoms with E-state index in [0.717, 1.165) is 26.8 Å². The first-order chi connectivity index (χ1) is 14.6. The number of benzene rings is 2. The lowest BCUT2D eigenvalue weighted by Gasteiger charge is -2.10. The Morgan fingerprint density at radius 3 is 2.53 bits per heavy atom. The summed E-state index contributed by atoms with van der Waals surface area (Å²) in [4.78, 5) is 4.28. The van der Waals surface area contributed by atoms with Gasteiger partial charge in [0, 0.05) is 39.5 Å². The second-order valence-corrected chi connectivity index (χ2v) is 8.11. The normalized spacial score (nSPS) is 11.0. The average Bonchev–Trinajstić information content (AvgIpc) is 3.18. The molecule has 154 valence electrons. The highest BCUT2D eigenvalue weighted by Crippen LogP contribution is 2.33. The molecule has 3 N–H and O–H groups in total. The van der Waals surface area contributed by atoms with Gasteiger partial charge in [0.25, 0.3) is 0 Å². The molecule has 0 bridgehead atoms. The van der Waals surface area contributed by atoms with Crippen LogP contribution in [0.4, 0.5) is 5.82 Å². The highest BCUT2D eigenvalue weighted by Gasteiger charge is 2.13. The first-order valence-corrected chi connectivity index (χ1v) is 10.7. The minimum Gasteiger partial charge on any atom is -0.489 e. The average molecular weight is 441 g/mol. The number of nitrogens with zero attached hydrogens (tertiary/aromatic N) is 1. The van der Waals surface area contributed by atoms with E-state index in [1.54, 1.807) is 17.5 Å². The molecular weight excluding hydrogens is 420 g/mol. The summed E-state index contributed by atoms with van der Waals surface area (Å²) in [5.74, 6) is 1.90. The molecule has 0 amide bonds. The number of nitrogens with two attached hydrogens (primary N) is 1. The molecule has 4 aromatic rings. The van der Waals surface area contributed by atoms with Crippen molar-refractivity contribution >= 4 is 38.8 Å². The number of hydrogen-bond acceptors (Lipinski definition) is 6. The lowest BCUT2D eigenvalue weighted by molar-refractivity contribution is 0.291. The standard InChI is InChI=1S/C23H21ClN2O3S/c24-18-4-1-3-15(9-18)12-28-19-5-2-6-20(10-19)29-13-17-14-30-22-16(7-8-27)11-26-23(25)21(17)22/h1-6,9-11,14,27H,7-8,12-13H2,(H2,25,26). The molecule has 2 aromatic heterocycles. The van der Waals surface area contributed by atoms with Crippen molar-refractivity contribution in [2.45, 2.75) is 19.6 Å². The van der Waals surface area contributed by atoms with Gasteiger partial charge in [-0.1, -0.05) is 29.8 Å². The van der Waals surface area contributed by atoms with Crippen LogP contribution >= 0.6 is 22.9 Å². The molecule has 0 unspecified atom stereocenters. The van der Waals surface area contributed by atoms with E-state index in [1.165, 1.54) is 0 Å². The van der Waals surface area contributed by atoms with Crippen molar-refractivity contribution < 1.29 is 14.6 Å². The number of nitrogen functional groups attached to an aromatic ring is 1. The molecule has 2 aromatic carbocycles.